The van der Waals surface area contributed by atoms with Gasteiger partial charge in [-0.05, 0) is 51.0 Å². The van der Waals surface area contributed by atoms with Crippen molar-refractivity contribution >= 4 is 22.8 Å². The molecule has 0 aliphatic rings. The number of halogens is 3. The maximum absolute atomic E-state index is 12.9. The molecule has 0 unspecified atom stereocenters. The minimum Gasteiger partial charge on any atom is -0.382 e. The van der Waals surface area contributed by atoms with Crippen LogP contribution in [0.15, 0.2) is 24.3 Å². The largest absolute Gasteiger partial charge is 0.416 e. The lowest BCUT2D eigenvalue weighted by atomic mass is 10.1. The van der Waals surface area contributed by atoms with Crippen molar-refractivity contribution in [2.24, 2.45) is 0 Å². The number of imidazole rings is 1. The number of carbonyl (C=O) groups is 1. The number of hydrogen-bond donors (Lipinski definition) is 2. The van der Waals surface area contributed by atoms with Crippen LogP contribution in [0.25, 0.3) is 11.0 Å². The van der Waals surface area contributed by atoms with E-state index in [1.54, 1.807) is 0 Å². The van der Waals surface area contributed by atoms with Crippen molar-refractivity contribution in [3.8, 4) is 0 Å². The summed E-state index contributed by atoms with van der Waals surface area (Å²) in [5.74, 6) is 0.493. The summed E-state index contributed by atoms with van der Waals surface area (Å²) in [7, 11) is 0. The summed E-state index contributed by atoms with van der Waals surface area (Å²) in [4.78, 5) is 21.2. The van der Waals surface area contributed by atoms with Crippen LogP contribution in [0.2, 0.25) is 0 Å². The highest BCUT2D eigenvalue weighted by Crippen LogP contribution is 2.29. The first-order valence-electron chi connectivity index (χ1n) is 10.3. The van der Waals surface area contributed by atoms with Crippen molar-refractivity contribution in [3.63, 3.8) is 0 Å². The minimum atomic E-state index is -4.50. The fourth-order valence-electron chi connectivity index (χ4n) is 3.47. The number of fused-ring (bicyclic) bond motifs is 1. The summed E-state index contributed by atoms with van der Waals surface area (Å²) in [6.45, 7) is 7.35. The molecule has 3 rings (SSSR count). The van der Waals surface area contributed by atoms with Gasteiger partial charge in [-0.3, -0.25) is 4.79 Å². The van der Waals surface area contributed by atoms with Gasteiger partial charge in [0.15, 0.2) is 5.82 Å². The van der Waals surface area contributed by atoms with Gasteiger partial charge in [-0.2, -0.15) is 13.2 Å². The molecule has 0 atom stereocenters. The van der Waals surface area contributed by atoms with Crippen LogP contribution >= 0.6 is 0 Å². The van der Waals surface area contributed by atoms with Crippen molar-refractivity contribution in [2.45, 2.75) is 46.5 Å². The smallest absolute Gasteiger partial charge is 0.382 e. The van der Waals surface area contributed by atoms with Gasteiger partial charge in [0.1, 0.15) is 17.9 Å². The molecule has 0 bridgehead atoms. The number of anilines is 1. The van der Waals surface area contributed by atoms with E-state index in [1.807, 2.05) is 25.3 Å². The molecule has 32 heavy (non-hydrogen) atoms. The lowest BCUT2D eigenvalue weighted by molar-refractivity contribution is -0.137. The Labute approximate surface area is 183 Å². The molecule has 0 aliphatic heterocycles. The first kappa shape index (κ1) is 23.5. The fourth-order valence-corrected chi connectivity index (χ4v) is 3.47. The summed E-state index contributed by atoms with van der Waals surface area (Å²) in [5.41, 5.74) is 8.42. The second-order valence-corrected chi connectivity index (χ2v) is 7.41. The molecule has 7 nitrogen and oxygen atoms in total. The minimum absolute atomic E-state index is 0.0322. The maximum Gasteiger partial charge on any atom is 0.416 e. The number of hydrogen-bond acceptors (Lipinski definition) is 5. The second kappa shape index (κ2) is 9.56. The number of benzene rings is 1. The number of nitrogens with one attached hydrogen (secondary N) is 1. The van der Waals surface area contributed by atoms with E-state index in [-0.39, 0.29) is 12.1 Å². The second-order valence-electron chi connectivity index (χ2n) is 7.41. The van der Waals surface area contributed by atoms with Gasteiger partial charge in [0.25, 0.3) is 5.91 Å². The molecule has 3 N–H and O–H groups in total. The van der Waals surface area contributed by atoms with Gasteiger partial charge < -0.3 is 20.4 Å². The van der Waals surface area contributed by atoms with Crippen molar-refractivity contribution in [1.82, 2.24) is 19.9 Å². The number of nitrogens with two attached hydrogens (primary N) is 1. The molecule has 10 heteroatoms. The Hall–Kier alpha value is -3.14. The standard InChI is InChI=1S/C22H26F3N5O2/c1-4-32-12-17-29-18-19(13(2)14(3)28-20(18)26)30(17)10-6-9-27-21(31)15-7-5-8-16(11-15)22(23,24)25/h5,7-8,11H,4,6,9-10,12H2,1-3H3,(H2,26,28)(H,27,31). The Morgan fingerprint density at radius 1 is 1.25 bits per heavy atom. The van der Waals surface area contributed by atoms with Crippen molar-refractivity contribution in [2.75, 3.05) is 18.9 Å². The van der Waals surface area contributed by atoms with Crippen molar-refractivity contribution in [1.29, 1.82) is 0 Å². The van der Waals surface area contributed by atoms with Crippen molar-refractivity contribution in [3.05, 3.63) is 52.5 Å². The van der Waals surface area contributed by atoms with E-state index in [2.05, 4.69) is 15.3 Å². The highest BCUT2D eigenvalue weighted by atomic mass is 19.4. The van der Waals surface area contributed by atoms with Crippen LogP contribution in [-0.4, -0.2) is 33.6 Å². The third kappa shape index (κ3) is 5.01. The zero-order chi connectivity index (χ0) is 23.5. The van der Waals surface area contributed by atoms with Crippen LogP contribution in [0.3, 0.4) is 0 Å². The van der Waals surface area contributed by atoms with E-state index < -0.39 is 17.6 Å². The zero-order valence-electron chi connectivity index (χ0n) is 18.2. The Morgan fingerprint density at radius 2 is 2.00 bits per heavy atom. The number of aromatic nitrogens is 3. The van der Waals surface area contributed by atoms with Gasteiger partial charge in [-0.25, -0.2) is 9.97 Å². The molecule has 172 valence electrons. The molecule has 2 heterocycles. The molecular formula is C22H26F3N5O2. The molecule has 1 amide bonds. The molecule has 0 radical (unpaired) electrons. The van der Waals surface area contributed by atoms with Gasteiger partial charge in [0.05, 0.1) is 11.1 Å². The summed E-state index contributed by atoms with van der Waals surface area (Å²) < 4.78 is 46.2. The molecule has 2 aromatic heterocycles. The number of carbonyl (C=O) groups excluding carboxylic acids is 1. The molecule has 1 aromatic carbocycles. The topological polar surface area (TPSA) is 95.1 Å². The average Bonchev–Trinajstić information content (AvgIpc) is 3.12. The SMILES string of the molecule is CCOCc1nc2c(N)nc(C)c(C)c2n1CCCNC(=O)c1cccc(C(F)(F)F)c1. The highest BCUT2D eigenvalue weighted by Gasteiger charge is 2.30. The van der Waals surface area contributed by atoms with E-state index in [1.165, 1.54) is 12.1 Å². The van der Waals surface area contributed by atoms with E-state index in [4.69, 9.17) is 10.5 Å². The Bertz CT molecular complexity index is 1120. The summed E-state index contributed by atoms with van der Waals surface area (Å²) in [6.07, 6.45) is -3.96. The number of pyridine rings is 1. The van der Waals surface area contributed by atoms with Gasteiger partial charge in [0.2, 0.25) is 0 Å². The number of rotatable bonds is 8. The van der Waals surface area contributed by atoms with Crippen LogP contribution in [0.5, 0.6) is 0 Å². The van der Waals surface area contributed by atoms with E-state index in [9.17, 15) is 18.0 Å². The summed E-state index contributed by atoms with van der Waals surface area (Å²) in [6, 6.07) is 4.36. The third-order valence-corrected chi connectivity index (χ3v) is 5.21. The molecule has 0 saturated carbocycles. The normalized spacial score (nSPS) is 11.8. The van der Waals surface area contributed by atoms with Crippen LogP contribution < -0.4 is 11.1 Å². The van der Waals surface area contributed by atoms with Crippen LogP contribution in [0.1, 0.15) is 46.3 Å². The maximum atomic E-state index is 12.9. The van der Waals surface area contributed by atoms with Gasteiger partial charge in [-0.1, -0.05) is 6.07 Å². The Kier molecular flexibility index (Phi) is 7.02. The van der Waals surface area contributed by atoms with Gasteiger partial charge in [0, 0.05) is 31.0 Å². The van der Waals surface area contributed by atoms with Crippen LogP contribution in [0.4, 0.5) is 19.0 Å². The molecule has 0 fully saturated rings. The molecule has 0 aliphatic carbocycles. The number of nitrogen functional groups attached to an aromatic ring is 1. The lowest BCUT2D eigenvalue weighted by Gasteiger charge is -2.13. The van der Waals surface area contributed by atoms with Crippen LogP contribution in [-0.2, 0) is 24.1 Å². The number of alkyl halides is 3. The Balaban J connectivity index is 1.73. The summed E-state index contributed by atoms with van der Waals surface area (Å²) >= 11 is 0. The number of aryl methyl sites for hydroxylation is 3. The molecule has 0 saturated heterocycles. The predicted molar refractivity (Wildman–Crippen MR) is 115 cm³/mol. The number of nitrogens with zero attached hydrogens (tertiary/aromatic N) is 3. The number of ether oxygens (including phenoxy) is 1. The highest BCUT2D eigenvalue weighted by molar-refractivity contribution is 5.94. The van der Waals surface area contributed by atoms with Gasteiger partial charge in [-0.15, -0.1) is 0 Å². The molecule has 0 spiro atoms. The summed E-state index contributed by atoms with van der Waals surface area (Å²) in [5, 5.41) is 2.68. The number of amides is 1. The van der Waals surface area contributed by atoms with Crippen molar-refractivity contribution < 1.29 is 22.7 Å². The Morgan fingerprint density at radius 3 is 2.69 bits per heavy atom. The quantitative estimate of drug-likeness (QED) is 0.507. The molecule has 3 aromatic rings. The predicted octanol–water partition coefficient (Wildman–Crippen LogP) is 4.01. The third-order valence-electron chi connectivity index (χ3n) is 5.21. The monoisotopic (exact) mass is 449 g/mol. The van der Waals surface area contributed by atoms with E-state index >= 15 is 0 Å². The zero-order valence-corrected chi connectivity index (χ0v) is 18.2. The van der Waals surface area contributed by atoms with Crippen LogP contribution in [0, 0.1) is 13.8 Å². The fraction of sp³-hybridized carbons (Fsp3) is 0.409. The first-order chi connectivity index (χ1) is 15.1. The average molecular weight is 449 g/mol. The van der Waals surface area contributed by atoms with E-state index in [0.29, 0.717) is 43.3 Å². The first-order valence-corrected chi connectivity index (χ1v) is 10.3. The van der Waals surface area contributed by atoms with E-state index in [0.717, 1.165) is 28.9 Å². The molecular weight excluding hydrogens is 423 g/mol. The lowest BCUT2D eigenvalue weighted by Crippen LogP contribution is -2.26. The van der Waals surface area contributed by atoms with Gasteiger partial charge >= 0.3 is 6.18 Å².